The SMILES string of the molecule is C=CC(=O)n1c2ccccc2c2cc(C(=O)NCCC(C)(C)OCCC(C)(C)NC(=O)C[C@@H]3N=C(c4ccc(Cl)cc4)c4c(sc(C)c4C)-n4c(C)nnc43)ccc21. The van der Waals surface area contributed by atoms with Gasteiger partial charge in [0.15, 0.2) is 5.82 Å². The molecule has 0 bridgehead atoms. The first-order valence-corrected chi connectivity index (χ1v) is 20.6. The Morgan fingerprint density at radius 2 is 1.67 bits per heavy atom. The van der Waals surface area contributed by atoms with Crippen LogP contribution in [0.2, 0.25) is 5.02 Å². The van der Waals surface area contributed by atoms with Gasteiger partial charge in [0, 0.05) is 56.1 Å². The number of hydrogen-bond donors (Lipinski definition) is 2. The summed E-state index contributed by atoms with van der Waals surface area (Å²) in [5.41, 5.74) is 4.73. The number of allylic oxidation sites excluding steroid dienone is 1. The lowest BCUT2D eigenvalue weighted by Gasteiger charge is -2.30. The van der Waals surface area contributed by atoms with E-state index in [0.717, 1.165) is 55.0 Å². The Kier molecular flexibility index (Phi) is 11.3. The van der Waals surface area contributed by atoms with Crippen molar-refractivity contribution in [3.05, 3.63) is 123 Å². The monoisotopic (exact) mass is 817 g/mol. The maximum Gasteiger partial charge on any atom is 0.254 e. The van der Waals surface area contributed by atoms with Crippen LogP contribution in [0.1, 0.15) is 101 Å². The van der Waals surface area contributed by atoms with Gasteiger partial charge in [-0.2, -0.15) is 0 Å². The van der Waals surface area contributed by atoms with Gasteiger partial charge in [0.2, 0.25) is 5.91 Å². The molecule has 3 aromatic carbocycles. The fraction of sp³-hybridized carbons (Fsp3) is 0.333. The zero-order valence-corrected chi connectivity index (χ0v) is 35.5. The number of nitrogens with zero attached hydrogens (tertiary/aromatic N) is 5. The van der Waals surface area contributed by atoms with Crippen LogP contribution in [0.3, 0.4) is 0 Å². The molecule has 0 unspecified atom stereocenters. The van der Waals surface area contributed by atoms with Gasteiger partial charge in [-0.1, -0.05) is 48.5 Å². The van der Waals surface area contributed by atoms with Crippen LogP contribution in [-0.2, 0) is 9.53 Å². The average molecular weight is 818 g/mol. The van der Waals surface area contributed by atoms with Crippen molar-refractivity contribution in [1.29, 1.82) is 0 Å². The molecule has 3 aromatic heterocycles. The highest BCUT2D eigenvalue weighted by molar-refractivity contribution is 7.15. The number of benzene rings is 3. The zero-order valence-electron chi connectivity index (χ0n) is 33.9. The van der Waals surface area contributed by atoms with Gasteiger partial charge in [0.25, 0.3) is 11.8 Å². The average Bonchev–Trinajstić information content (AvgIpc) is 3.79. The molecule has 0 saturated heterocycles. The summed E-state index contributed by atoms with van der Waals surface area (Å²) < 4.78 is 9.97. The Bertz CT molecular complexity index is 2610. The summed E-state index contributed by atoms with van der Waals surface area (Å²) in [7, 11) is 0. The van der Waals surface area contributed by atoms with E-state index in [1.807, 2.05) is 93.8 Å². The van der Waals surface area contributed by atoms with E-state index in [1.54, 1.807) is 28.0 Å². The summed E-state index contributed by atoms with van der Waals surface area (Å²) in [4.78, 5) is 46.1. The third-order valence-electron chi connectivity index (χ3n) is 10.8. The molecule has 300 valence electrons. The largest absolute Gasteiger partial charge is 0.375 e. The smallest absolute Gasteiger partial charge is 0.254 e. The molecule has 0 fully saturated rings. The zero-order chi connectivity index (χ0) is 41.5. The molecule has 2 amide bonds. The van der Waals surface area contributed by atoms with E-state index in [-0.39, 0.29) is 24.1 Å². The number of hydrogen-bond acceptors (Lipinski definition) is 8. The van der Waals surface area contributed by atoms with Crippen LogP contribution in [0.5, 0.6) is 0 Å². The van der Waals surface area contributed by atoms with E-state index in [9.17, 15) is 14.4 Å². The number of para-hydroxylation sites is 1. The third-order valence-corrected chi connectivity index (χ3v) is 12.2. The molecule has 0 saturated carbocycles. The van der Waals surface area contributed by atoms with Crippen molar-refractivity contribution in [3.63, 3.8) is 0 Å². The molecular formula is C45H48ClN7O4S. The highest BCUT2D eigenvalue weighted by atomic mass is 35.5. The van der Waals surface area contributed by atoms with Gasteiger partial charge >= 0.3 is 0 Å². The van der Waals surface area contributed by atoms with Crippen LogP contribution in [0, 0.1) is 20.8 Å². The summed E-state index contributed by atoms with van der Waals surface area (Å²) >= 11 is 7.93. The van der Waals surface area contributed by atoms with Gasteiger partial charge in [-0.25, -0.2) is 0 Å². The van der Waals surface area contributed by atoms with Crippen LogP contribution in [0.25, 0.3) is 26.8 Å². The number of aliphatic imine (C=N–C) groups is 1. The second-order valence-corrected chi connectivity index (χ2v) is 17.7. The number of aromatic nitrogens is 4. The molecule has 7 rings (SSSR count). The van der Waals surface area contributed by atoms with Crippen molar-refractivity contribution in [2.45, 2.75) is 84.9 Å². The van der Waals surface area contributed by atoms with Crippen molar-refractivity contribution >= 4 is 68.2 Å². The number of rotatable bonds is 13. The van der Waals surface area contributed by atoms with Crippen LogP contribution >= 0.6 is 22.9 Å². The lowest BCUT2D eigenvalue weighted by Crippen LogP contribution is -2.45. The van der Waals surface area contributed by atoms with E-state index < -0.39 is 17.2 Å². The van der Waals surface area contributed by atoms with Gasteiger partial charge in [0.1, 0.15) is 16.9 Å². The first kappa shape index (κ1) is 40.8. The third kappa shape index (κ3) is 8.14. The number of amides is 2. The molecule has 2 N–H and O–H groups in total. The lowest BCUT2D eigenvalue weighted by molar-refractivity contribution is -0.123. The minimum Gasteiger partial charge on any atom is -0.375 e. The molecule has 0 spiro atoms. The standard InChI is InChI=1S/C45H48ClN7O4S/c1-9-38(55)53-35-13-11-10-12-32(35)33-24-30(16-19-36(33)53)42(56)47-22-20-45(7,8)57-23-21-44(5,6)49-37(54)25-34-41-51-50-28(4)52(41)43-39(26(2)27(3)58-43)40(48-34)29-14-17-31(46)18-15-29/h9-19,24,34H,1,20-23,25H2,2-8H3,(H,47,56)(H,49,54)/t34-/m0/s1. The van der Waals surface area contributed by atoms with E-state index >= 15 is 0 Å². The van der Waals surface area contributed by atoms with Gasteiger partial charge < -0.3 is 15.4 Å². The Hall–Kier alpha value is -5.43. The number of halogens is 1. The molecule has 11 nitrogen and oxygen atoms in total. The Morgan fingerprint density at radius 3 is 2.41 bits per heavy atom. The minimum atomic E-state index is -0.581. The molecule has 13 heteroatoms. The molecular weight excluding hydrogens is 770 g/mol. The number of thiophene rings is 1. The van der Waals surface area contributed by atoms with Gasteiger partial charge in [0.05, 0.1) is 28.8 Å². The number of nitrogens with one attached hydrogen (secondary N) is 2. The lowest BCUT2D eigenvalue weighted by atomic mass is 9.99. The van der Waals surface area contributed by atoms with Crippen molar-refractivity contribution in [2.24, 2.45) is 4.99 Å². The van der Waals surface area contributed by atoms with E-state index in [4.69, 9.17) is 21.3 Å². The van der Waals surface area contributed by atoms with Crippen LogP contribution < -0.4 is 10.6 Å². The Morgan fingerprint density at radius 1 is 0.948 bits per heavy atom. The predicted octanol–water partition coefficient (Wildman–Crippen LogP) is 9.02. The summed E-state index contributed by atoms with van der Waals surface area (Å²) in [5.74, 6) is 0.772. The second kappa shape index (κ2) is 16.1. The normalized spacial score (nSPS) is 14.1. The molecule has 0 aliphatic carbocycles. The maximum absolute atomic E-state index is 13.8. The van der Waals surface area contributed by atoms with Crippen LogP contribution in [0.4, 0.5) is 0 Å². The molecule has 6 aromatic rings. The van der Waals surface area contributed by atoms with Crippen molar-refractivity contribution in [2.75, 3.05) is 13.2 Å². The highest BCUT2D eigenvalue weighted by Gasteiger charge is 2.33. The number of carbonyl (C=O) groups is 3. The summed E-state index contributed by atoms with van der Waals surface area (Å²) in [6.07, 6.45) is 2.50. The molecule has 0 radical (unpaired) electrons. The quantitative estimate of drug-likeness (QED) is 0.112. The van der Waals surface area contributed by atoms with Crippen molar-refractivity contribution in [3.8, 4) is 5.00 Å². The molecule has 1 atom stereocenters. The predicted molar refractivity (Wildman–Crippen MR) is 232 cm³/mol. The minimum absolute atomic E-state index is 0.0829. The van der Waals surface area contributed by atoms with Crippen molar-refractivity contribution in [1.82, 2.24) is 30.0 Å². The summed E-state index contributed by atoms with van der Waals surface area (Å²) in [6.45, 7) is 18.5. The number of aryl methyl sites for hydroxylation is 2. The maximum atomic E-state index is 13.8. The topological polar surface area (TPSA) is 132 Å². The molecule has 1 aliphatic rings. The fourth-order valence-corrected chi connectivity index (χ4v) is 8.82. The Balaban J connectivity index is 0.962. The number of fused-ring (bicyclic) bond motifs is 6. The van der Waals surface area contributed by atoms with Gasteiger partial charge in [-0.15, -0.1) is 21.5 Å². The second-order valence-electron chi connectivity index (χ2n) is 16.0. The summed E-state index contributed by atoms with van der Waals surface area (Å²) in [5, 5.41) is 18.5. The molecule has 1 aliphatic heterocycles. The molecule has 58 heavy (non-hydrogen) atoms. The fourth-order valence-electron chi connectivity index (χ4n) is 7.48. The summed E-state index contributed by atoms with van der Waals surface area (Å²) in [6, 6.07) is 20.0. The van der Waals surface area contributed by atoms with E-state index in [1.165, 1.54) is 11.0 Å². The highest BCUT2D eigenvalue weighted by Crippen LogP contribution is 2.40. The Labute approximate surface area is 347 Å². The van der Waals surface area contributed by atoms with Crippen LogP contribution in [0.15, 0.2) is 84.4 Å². The molecule has 4 heterocycles. The number of ether oxygens (including phenoxy) is 1. The van der Waals surface area contributed by atoms with Gasteiger partial charge in [-0.3, -0.25) is 28.5 Å². The van der Waals surface area contributed by atoms with Gasteiger partial charge in [-0.05, 0) is 109 Å². The van der Waals surface area contributed by atoms with Crippen LogP contribution in [-0.4, -0.2) is 67.1 Å². The number of carbonyl (C=O) groups excluding carboxylic acids is 3. The van der Waals surface area contributed by atoms with Crippen molar-refractivity contribution < 1.29 is 19.1 Å². The first-order valence-electron chi connectivity index (χ1n) is 19.4. The first-order chi connectivity index (χ1) is 27.6. The van der Waals surface area contributed by atoms with E-state index in [2.05, 4.69) is 41.3 Å². The van der Waals surface area contributed by atoms with E-state index in [0.29, 0.717) is 42.4 Å².